The highest BCUT2D eigenvalue weighted by Gasteiger charge is 2.05. The number of ketones is 1. The molecule has 1 aromatic carbocycles. The van der Waals surface area contributed by atoms with Gasteiger partial charge in [0.25, 0.3) is 0 Å². The summed E-state index contributed by atoms with van der Waals surface area (Å²) in [6, 6.07) is 8.98. The van der Waals surface area contributed by atoms with Gasteiger partial charge in [0.15, 0.2) is 5.78 Å². The first-order chi connectivity index (χ1) is 7.49. The van der Waals surface area contributed by atoms with Crippen LogP contribution in [0.4, 0.5) is 0 Å². The number of hydrogen-bond donors (Lipinski definition) is 1. The molecule has 0 aliphatic heterocycles. The Hall–Kier alpha value is -1.20. The lowest BCUT2D eigenvalue weighted by atomic mass is 10.1. The molecule has 0 aliphatic carbocycles. The molecule has 0 heterocycles. The molecule has 0 saturated carbocycles. The maximum Gasteiger partial charge on any atom is 0.208 e. The van der Waals surface area contributed by atoms with Crippen LogP contribution in [0.25, 0.3) is 0 Å². The maximum atomic E-state index is 11.6. The normalized spacial score (nSPS) is 11.3. The van der Waals surface area contributed by atoms with E-state index < -0.39 is 10.0 Å². The van der Waals surface area contributed by atoms with Crippen LogP contribution in [0.3, 0.4) is 0 Å². The molecule has 0 aliphatic rings. The molecule has 1 aromatic rings. The van der Waals surface area contributed by atoms with Gasteiger partial charge in [-0.1, -0.05) is 30.3 Å². The van der Waals surface area contributed by atoms with Crippen molar-refractivity contribution in [2.45, 2.75) is 12.8 Å². The zero-order valence-corrected chi connectivity index (χ0v) is 9.96. The van der Waals surface area contributed by atoms with Crippen LogP contribution in [0, 0.1) is 0 Å². The van der Waals surface area contributed by atoms with Crippen molar-refractivity contribution in [1.82, 2.24) is 4.72 Å². The van der Waals surface area contributed by atoms with Crippen LogP contribution in [0.1, 0.15) is 23.2 Å². The van der Waals surface area contributed by atoms with E-state index in [0.29, 0.717) is 24.9 Å². The Balaban J connectivity index is 2.32. The van der Waals surface area contributed by atoms with Gasteiger partial charge >= 0.3 is 0 Å². The number of benzene rings is 1. The topological polar surface area (TPSA) is 63.2 Å². The third kappa shape index (κ3) is 5.04. The molecule has 0 fully saturated rings. The molecule has 0 spiro atoms. The Morgan fingerprint density at radius 3 is 2.44 bits per heavy atom. The van der Waals surface area contributed by atoms with Crippen LogP contribution in [0.5, 0.6) is 0 Å². The molecular formula is C11H15NO3S. The average molecular weight is 241 g/mol. The van der Waals surface area contributed by atoms with Gasteiger partial charge in [0.2, 0.25) is 10.0 Å². The molecule has 5 heteroatoms. The molecule has 1 N–H and O–H groups in total. The number of carbonyl (C=O) groups excluding carboxylic acids is 1. The number of carbonyl (C=O) groups is 1. The van der Waals surface area contributed by atoms with E-state index in [4.69, 9.17) is 0 Å². The van der Waals surface area contributed by atoms with Gasteiger partial charge in [0, 0.05) is 18.5 Å². The summed E-state index contributed by atoms with van der Waals surface area (Å²) >= 11 is 0. The van der Waals surface area contributed by atoms with E-state index in [9.17, 15) is 13.2 Å². The summed E-state index contributed by atoms with van der Waals surface area (Å²) in [4.78, 5) is 11.6. The summed E-state index contributed by atoms with van der Waals surface area (Å²) in [5.74, 6) is 0.0379. The lowest BCUT2D eigenvalue weighted by molar-refractivity contribution is 0.0980. The largest absolute Gasteiger partial charge is 0.294 e. The number of hydrogen-bond acceptors (Lipinski definition) is 3. The second kappa shape index (κ2) is 5.77. The lowest BCUT2D eigenvalue weighted by Gasteiger charge is -2.02. The highest BCUT2D eigenvalue weighted by Crippen LogP contribution is 2.04. The van der Waals surface area contributed by atoms with Crippen molar-refractivity contribution in [3.05, 3.63) is 35.9 Å². The minimum atomic E-state index is -3.15. The van der Waals surface area contributed by atoms with E-state index in [1.54, 1.807) is 12.1 Å². The average Bonchev–Trinajstić information content (AvgIpc) is 2.24. The van der Waals surface area contributed by atoms with Gasteiger partial charge in [-0.3, -0.25) is 4.79 Å². The second-order valence-corrected chi connectivity index (χ2v) is 5.39. The summed E-state index contributed by atoms with van der Waals surface area (Å²) in [5, 5.41) is 0. The van der Waals surface area contributed by atoms with Crippen molar-refractivity contribution in [2.75, 3.05) is 12.8 Å². The Bertz CT molecular complexity index is 440. The minimum Gasteiger partial charge on any atom is -0.294 e. The second-order valence-electron chi connectivity index (χ2n) is 3.56. The fourth-order valence-electron chi connectivity index (χ4n) is 1.27. The van der Waals surface area contributed by atoms with Crippen molar-refractivity contribution in [2.24, 2.45) is 0 Å². The summed E-state index contributed by atoms with van der Waals surface area (Å²) in [5.41, 5.74) is 0.668. The van der Waals surface area contributed by atoms with Crippen LogP contribution >= 0.6 is 0 Å². The first-order valence-electron chi connectivity index (χ1n) is 5.02. The zero-order chi connectivity index (χ0) is 12.0. The first-order valence-corrected chi connectivity index (χ1v) is 6.91. The molecule has 16 heavy (non-hydrogen) atoms. The van der Waals surface area contributed by atoms with Crippen molar-refractivity contribution in [3.63, 3.8) is 0 Å². The molecular weight excluding hydrogens is 226 g/mol. The molecule has 0 saturated heterocycles. The molecule has 1 rings (SSSR count). The first kappa shape index (κ1) is 12.9. The van der Waals surface area contributed by atoms with Gasteiger partial charge in [-0.05, 0) is 6.42 Å². The van der Waals surface area contributed by atoms with E-state index >= 15 is 0 Å². The van der Waals surface area contributed by atoms with Gasteiger partial charge in [0.05, 0.1) is 6.26 Å². The standard InChI is InChI=1S/C11H15NO3S/c1-16(14,15)12-9-5-8-11(13)10-6-3-2-4-7-10/h2-4,6-7,12H,5,8-9H2,1H3. The number of sulfonamides is 1. The molecule has 4 nitrogen and oxygen atoms in total. The van der Waals surface area contributed by atoms with Gasteiger partial charge in [-0.2, -0.15) is 0 Å². The van der Waals surface area contributed by atoms with Gasteiger partial charge in [-0.15, -0.1) is 0 Å². The molecule has 0 amide bonds. The van der Waals surface area contributed by atoms with Gasteiger partial charge < -0.3 is 0 Å². The molecule has 0 unspecified atom stereocenters. The fourth-order valence-corrected chi connectivity index (χ4v) is 1.79. The summed E-state index contributed by atoms with van der Waals surface area (Å²) in [6.07, 6.45) is 1.97. The summed E-state index contributed by atoms with van der Waals surface area (Å²) in [6.45, 7) is 0.303. The molecule has 0 bridgehead atoms. The number of nitrogens with one attached hydrogen (secondary N) is 1. The Morgan fingerprint density at radius 1 is 1.25 bits per heavy atom. The van der Waals surface area contributed by atoms with Gasteiger partial charge in [-0.25, -0.2) is 13.1 Å². The van der Waals surface area contributed by atoms with E-state index in [1.807, 2.05) is 18.2 Å². The maximum absolute atomic E-state index is 11.6. The predicted molar refractivity (Wildman–Crippen MR) is 62.9 cm³/mol. The lowest BCUT2D eigenvalue weighted by Crippen LogP contribution is -2.23. The van der Waals surface area contributed by atoms with Crippen molar-refractivity contribution in [1.29, 1.82) is 0 Å². The number of Topliss-reactive ketones (excluding diaryl/α,β-unsaturated/α-hetero) is 1. The molecule has 0 radical (unpaired) electrons. The Morgan fingerprint density at radius 2 is 1.88 bits per heavy atom. The number of rotatable bonds is 6. The quantitative estimate of drug-likeness (QED) is 0.601. The third-order valence-electron chi connectivity index (χ3n) is 2.04. The van der Waals surface area contributed by atoms with E-state index in [2.05, 4.69) is 4.72 Å². The smallest absolute Gasteiger partial charge is 0.208 e. The molecule has 88 valence electrons. The summed E-state index contributed by atoms with van der Waals surface area (Å²) < 4.78 is 23.8. The van der Waals surface area contributed by atoms with E-state index in [0.717, 1.165) is 6.26 Å². The third-order valence-corrected chi connectivity index (χ3v) is 2.77. The van der Waals surface area contributed by atoms with Crippen LogP contribution in [-0.2, 0) is 10.0 Å². The molecule has 0 aromatic heterocycles. The van der Waals surface area contributed by atoms with Crippen molar-refractivity contribution >= 4 is 15.8 Å². The highest BCUT2D eigenvalue weighted by molar-refractivity contribution is 7.88. The Kier molecular flexibility index (Phi) is 4.64. The molecule has 0 atom stereocenters. The Labute approximate surface area is 95.7 Å². The van der Waals surface area contributed by atoms with E-state index in [1.165, 1.54) is 0 Å². The van der Waals surface area contributed by atoms with Gasteiger partial charge in [0.1, 0.15) is 0 Å². The zero-order valence-electron chi connectivity index (χ0n) is 9.14. The predicted octanol–water partition coefficient (Wildman–Crippen LogP) is 1.20. The highest BCUT2D eigenvalue weighted by atomic mass is 32.2. The van der Waals surface area contributed by atoms with Crippen LogP contribution in [0.2, 0.25) is 0 Å². The van der Waals surface area contributed by atoms with Crippen LogP contribution < -0.4 is 4.72 Å². The minimum absolute atomic E-state index is 0.0379. The van der Waals surface area contributed by atoms with Crippen LogP contribution in [-0.4, -0.2) is 27.0 Å². The SMILES string of the molecule is CS(=O)(=O)NCCCC(=O)c1ccccc1. The van der Waals surface area contributed by atoms with Crippen molar-refractivity contribution < 1.29 is 13.2 Å². The van der Waals surface area contributed by atoms with E-state index in [-0.39, 0.29) is 5.78 Å². The van der Waals surface area contributed by atoms with Crippen molar-refractivity contribution in [3.8, 4) is 0 Å². The fraction of sp³-hybridized carbons (Fsp3) is 0.364. The monoisotopic (exact) mass is 241 g/mol. The summed E-state index contributed by atoms with van der Waals surface area (Å²) in [7, 11) is -3.15. The van der Waals surface area contributed by atoms with Crippen LogP contribution in [0.15, 0.2) is 30.3 Å².